The molecule has 1 aromatic rings. The molecule has 27 nitrogen and oxygen atoms in total. The highest BCUT2D eigenvalue weighted by Gasteiger charge is 2.27. The summed E-state index contributed by atoms with van der Waals surface area (Å²) in [6.07, 6.45) is -3.89. The second-order valence-electron chi connectivity index (χ2n) is 17.9. The van der Waals surface area contributed by atoms with Gasteiger partial charge in [0.25, 0.3) is 0 Å². The Bertz CT molecular complexity index is 1650. The summed E-state index contributed by atoms with van der Waals surface area (Å²) in [4.78, 5) is 98.6. The number of carbonyl (C=O) groups is 4. The number of hydrogen-bond donors (Lipinski definition) is 10. The molecule has 2 atom stereocenters. The maximum atomic E-state index is 11.8. The van der Waals surface area contributed by atoms with E-state index in [0.29, 0.717) is 0 Å². The van der Waals surface area contributed by atoms with Gasteiger partial charge in [-0.15, -0.1) is 0 Å². The topological polar surface area (TPSA) is 358 Å². The standard InChI is InChI=1S/C42H76N8O19P2/c51-36(22-43-6-10-45(24-39(53)54)14-18-49(33-70(61,62)63)19-15-46(11-7-43)25-40(55)56)29-67-31-38(69-28-35-4-2-1-3-5-35)32-68-30-37(52)23-44-8-12-47(26-41(57)58)16-20-50(34-71(64,65)66)21-17-48(13-9-44)27-42(59)60/h1-5,36-38,51-52H,6-34H2,(H,53,54)(H,55,56)(H,57,58)(H,59,60)(H2,61,62,63)(H2,64,65,66). The number of aliphatic hydroxyl groups excluding tert-OH is 2. The van der Waals surface area contributed by atoms with Crippen LogP contribution in [0.25, 0.3) is 0 Å². The van der Waals surface area contributed by atoms with Gasteiger partial charge in [-0.3, -0.25) is 67.5 Å². The largest absolute Gasteiger partial charge is 0.480 e. The number of β-amino-alcohol motifs (C(OH)–C–C–N with tert-alkyl or cyclic N) is 2. The fourth-order valence-corrected chi connectivity index (χ4v) is 9.64. The smallest absolute Gasteiger partial charge is 0.339 e. The lowest BCUT2D eigenvalue weighted by Gasteiger charge is -2.34. The molecule has 0 aliphatic carbocycles. The average molecular weight is 1060 g/mol. The third kappa shape index (κ3) is 30.6. The maximum absolute atomic E-state index is 11.8. The minimum atomic E-state index is -4.47. The Morgan fingerprint density at radius 1 is 0.451 bits per heavy atom. The van der Waals surface area contributed by atoms with Crippen LogP contribution in [-0.2, 0) is 49.1 Å². The Labute approximate surface area is 413 Å². The second-order valence-corrected chi connectivity index (χ2v) is 21.2. The lowest BCUT2D eigenvalue weighted by molar-refractivity contribution is -0.139. The zero-order valence-electron chi connectivity index (χ0n) is 40.2. The molecule has 3 rings (SSSR count). The van der Waals surface area contributed by atoms with Crippen LogP contribution in [0, 0.1) is 0 Å². The van der Waals surface area contributed by atoms with Gasteiger partial charge in [-0.2, -0.15) is 0 Å². The van der Waals surface area contributed by atoms with Crippen molar-refractivity contribution < 1.29 is 92.7 Å². The van der Waals surface area contributed by atoms with Gasteiger partial charge < -0.3 is 64.4 Å². The number of hydrogen-bond acceptors (Lipinski definition) is 19. The first kappa shape index (κ1) is 62.2. The lowest BCUT2D eigenvalue weighted by atomic mass is 10.2. The van der Waals surface area contributed by atoms with Crippen LogP contribution in [0.15, 0.2) is 30.3 Å². The summed E-state index contributed by atoms with van der Waals surface area (Å²) >= 11 is 0. The number of aliphatic carboxylic acids is 4. The molecule has 10 N–H and O–H groups in total. The third-order valence-electron chi connectivity index (χ3n) is 11.6. The number of carboxylic acids is 4. The quantitative estimate of drug-likeness (QED) is 0.0380. The van der Waals surface area contributed by atoms with Crippen molar-refractivity contribution in [3.63, 3.8) is 0 Å². The fourth-order valence-electron chi connectivity index (χ4n) is 8.03. The molecule has 71 heavy (non-hydrogen) atoms. The highest BCUT2D eigenvalue weighted by molar-refractivity contribution is 7.51. The molecule has 408 valence electrons. The second kappa shape index (κ2) is 32.9. The zero-order valence-corrected chi connectivity index (χ0v) is 42.0. The van der Waals surface area contributed by atoms with Crippen molar-refractivity contribution in [1.29, 1.82) is 0 Å². The van der Waals surface area contributed by atoms with E-state index in [1.807, 2.05) is 40.1 Å². The molecule has 2 aliphatic heterocycles. The third-order valence-corrected chi connectivity index (χ3v) is 13.1. The summed E-state index contributed by atoms with van der Waals surface area (Å²) in [6, 6.07) is 9.33. The molecule has 0 bridgehead atoms. The summed E-state index contributed by atoms with van der Waals surface area (Å²) < 4.78 is 41.7. The zero-order chi connectivity index (χ0) is 52.4. The van der Waals surface area contributed by atoms with Crippen LogP contribution < -0.4 is 0 Å². The average Bonchev–Trinajstić information content (AvgIpc) is 3.25. The molecule has 2 aliphatic rings. The van der Waals surface area contributed by atoms with Crippen LogP contribution in [0.5, 0.6) is 0 Å². The predicted octanol–water partition coefficient (Wildman–Crippen LogP) is -3.62. The molecular weight excluding hydrogens is 982 g/mol. The number of aliphatic hydroxyl groups is 2. The molecule has 2 fully saturated rings. The van der Waals surface area contributed by atoms with Gasteiger partial charge >= 0.3 is 39.1 Å². The number of ether oxygens (including phenoxy) is 3. The van der Waals surface area contributed by atoms with Crippen molar-refractivity contribution in [2.45, 2.75) is 24.9 Å². The van der Waals surface area contributed by atoms with E-state index in [2.05, 4.69) is 0 Å². The maximum Gasteiger partial charge on any atom is 0.339 e. The molecule has 0 spiro atoms. The molecule has 2 unspecified atom stereocenters. The lowest BCUT2D eigenvalue weighted by Crippen LogP contribution is -2.49. The fraction of sp³-hybridized carbons (Fsp3) is 0.762. The van der Waals surface area contributed by atoms with E-state index in [9.17, 15) is 78.5 Å². The molecule has 2 heterocycles. The van der Waals surface area contributed by atoms with E-state index < -0.39 is 70.0 Å². The van der Waals surface area contributed by atoms with Crippen molar-refractivity contribution in [3.05, 3.63) is 35.9 Å². The summed E-state index contributed by atoms with van der Waals surface area (Å²) in [5, 5.41) is 60.7. The number of nitrogens with zero attached hydrogens (tertiary/aromatic N) is 8. The summed E-state index contributed by atoms with van der Waals surface area (Å²) in [5.74, 6) is -4.35. The van der Waals surface area contributed by atoms with Crippen molar-refractivity contribution in [1.82, 2.24) is 39.2 Å². The van der Waals surface area contributed by atoms with Crippen molar-refractivity contribution in [2.75, 3.05) is 183 Å². The van der Waals surface area contributed by atoms with E-state index in [1.165, 1.54) is 9.80 Å². The van der Waals surface area contributed by atoms with Gasteiger partial charge in [0, 0.05) is 118 Å². The van der Waals surface area contributed by atoms with Crippen LogP contribution >= 0.6 is 15.2 Å². The summed E-state index contributed by atoms with van der Waals surface area (Å²) in [6.45, 7) is 1.91. The van der Waals surface area contributed by atoms with E-state index >= 15 is 0 Å². The van der Waals surface area contributed by atoms with Crippen molar-refractivity contribution >= 4 is 39.1 Å². The van der Waals surface area contributed by atoms with Crippen LogP contribution in [0.3, 0.4) is 0 Å². The number of benzene rings is 1. The van der Waals surface area contributed by atoms with E-state index in [1.54, 1.807) is 19.6 Å². The first-order chi connectivity index (χ1) is 33.5. The molecule has 29 heteroatoms. The van der Waals surface area contributed by atoms with Gasteiger partial charge in [-0.05, 0) is 5.56 Å². The van der Waals surface area contributed by atoms with Crippen LogP contribution in [0.2, 0.25) is 0 Å². The number of rotatable bonds is 27. The van der Waals surface area contributed by atoms with Gasteiger partial charge in [0.05, 0.1) is 71.4 Å². The Hall–Kier alpha value is -3.12. The minimum Gasteiger partial charge on any atom is -0.480 e. The normalized spacial score (nSPS) is 20.2. The Morgan fingerprint density at radius 3 is 1.01 bits per heavy atom. The van der Waals surface area contributed by atoms with Gasteiger partial charge in [-0.25, -0.2) is 0 Å². The van der Waals surface area contributed by atoms with E-state index in [4.69, 9.17) is 14.2 Å². The molecule has 0 saturated carbocycles. The monoisotopic (exact) mass is 1060 g/mol. The minimum absolute atomic E-state index is 0.0274. The Kier molecular flexibility index (Phi) is 28.8. The molecule has 1 aromatic carbocycles. The molecular formula is C42H76N8O19P2. The molecule has 2 saturated heterocycles. The van der Waals surface area contributed by atoms with Gasteiger partial charge in [0.15, 0.2) is 0 Å². The predicted molar refractivity (Wildman–Crippen MR) is 255 cm³/mol. The summed E-state index contributed by atoms with van der Waals surface area (Å²) in [7, 11) is -8.93. The van der Waals surface area contributed by atoms with Crippen LogP contribution in [-0.4, -0.2) is 315 Å². The summed E-state index contributed by atoms with van der Waals surface area (Å²) in [5.41, 5.74) is 0.870. The van der Waals surface area contributed by atoms with Crippen LogP contribution in [0.1, 0.15) is 5.56 Å². The Balaban J connectivity index is 1.64. The SMILES string of the molecule is O=C(O)CN1CCN(CC(O)COCC(COCC(O)CN2CCN(CC(=O)O)CCN(CP(=O)(O)O)CCN(CC(=O)O)CC2)OCc2ccccc2)CCN(CC(=O)O)CCN(CP(=O)(O)O)CC1. The van der Waals surface area contributed by atoms with Gasteiger partial charge in [0.1, 0.15) is 18.7 Å². The molecule has 0 aromatic heterocycles. The van der Waals surface area contributed by atoms with E-state index in [0.717, 1.165) is 5.56 Å². The van der Waals surface area contributed by atoms with Crippen LogP contribution in [0.4, 0.5) is 0 Å². The molecule has 0 amide bonds. The van der Waals surface area contributed by atoms with Gasteiger partial charge in [0.2, 0.25) is 0 Å². The highest BCUT2D eigenvalue weighted by Crippen LogP contribution is 2.35. The molecule has 0 radical (unpaired) electrons. The Morgan fingerprint density at radius 2 is 0.732 bits per heavy atom. The van der Waals surface area contributed by atoms with E-state index in [-0.39, 0.29) is 177 Å². The highest BCUT2D eigenvalue weighted by atomic mass is 31.2. The van der Waals surface area contributed by atoms with Gasteiger partial charge in [-0.1, -0.05) is 30.3 Å². The number of carboxylic acid groups (broad SMARTS) is 4. The van der Waals surface area contributed by atoms with Crippen molar-refractivity contribution in [2.24, 2.45) is 0 Å². The van der Waals surface area contributed by atoms with Crippen molar-refractivity contribution in [3.8, 4) is 0 Å². The first-order valence-electron chi connectivity index (χ1n) is 23.4. The first-order valence-corrected chi connectivity index (χ1v) is 27.0.